The van der Waals surface area contributed by atoms with Crippen LogP contribution in [0.1, 0.15) is 0 Å². The lowest BCUT2D eigenvalue weighted by Gasteiger charge is -2.04. The Balaban J connectivity index is 3.35. The van der Waals surface area contributed by atoms with Gasteiger partial charge in [0.05, 0.1) is 19.5 Å². The molecule has 0 aliphatic heterocycles. The van der Waals surface area contributed by atoms with E-state index in [0.29, 0.717) is 4.47 Å². The second kappa shape index (κ2) is 3.68. The Morgan fingerprint density at radius 1 is 1.57 bits per heavy atom. The zero-order valence-corrected chi connectivity index (χ0v) is 9.38. The van der Waals surface area contributed by atoms with Gasteiger partial charge in [-0.25, -0.2) is 4.21 Å². The van der Waals surface area contributed by atoms with Crippen LogP contribution in [0.25, 0.3) is 0 Å². The van der Waals surface area contributed by atoms with E-state index < -0.39 is 14.6 Å². The highest BCUT2D eigenvalue weighted by molar-refractivity contribution is 9.10. The van der Waals surface area contributed by atoms with Gasteiger partial charge in [-0.05, 0) is 27.9 Å². The van der Waals surface area contributed by atoms with Gasteiger partial charge in [0.1, 0.15) is 0 Å². The molecule has 0 heterocycles. The van der Waals surface area contributed by atoms with Gasteiger partial charge in [0.15, 0.2) is 0 Å². The van der Waals surface area contributed by atoms with Crippen LogP contribution in [0.5, 0.6) is 0 Å². The van der Waals surface area contributed by atoms with Crippen molar-refractivity contribution in [3.63, 3.8) is 0 Å². The number of nitrogens with two attached hydrogens (primary N) is 1. The van der Waals surface area contributed by atoms with Gasteiger partial charge in [-0.3, -0.25) is 15.3 Å². The zero-order valence-electron chi connectivity index (χ0n) is 6.97. The average molecular weight is 279 g/mol. The highest BCUT2D eigenvalue weighted by Crippen LogP contribution is 2.25. The van der Waals surface area contributed by atoms with Crippen LogP contribution in [0.3, 0.4) is 0 Å². The molecule has 1 aromatic rings. The van der Waals surface area contributed by atoms with Gasteiger partial charge < -0.3 is 0 Å². The summed E-state index contributed by atoms with van der Waals surface area (Å²) in [6.45, 7) is 0. The molecule has 1 atom stereocenters. The first-order chi connectivity index (χ1) is 6.32. The van der Waals surface area contributed by atoms with Gasteiger partial charge in [-0.1, -0.05) is 0 Å². The van der Waals surface area contributed by atoms with E-state index in [9.17, 15) is 14.3 Å². The van der Waals surface area contributed by atoms with Crippen LogP contribution in [-0.2, 0) is 9.71 Å². The molecule has 14 heavy (non-hydrogen) atoms. The summed E-state index contributed by atoms with van der Waals surface area (Å²) in [5.74, 6) is 3.28. The fraction of sp³-hybridized carbons (Fsp3) is 0. The molecule has 2 N–H and O–H groups in total. The van der Waals surface area contributed by atoms with Crippen molar-refractivity contribution in [2.75, 3.05) is 0 Å². The number of benzene rings is 1. The molecule has 1 rings (SSSR count). The summed E-state index contributed by atoms with van der Waals surface area (Å²) < 4.78 is 11.7. The molecular weight excluding hydrogens is 272 g/mol. The second-order valence-electron chi connectivity index (χ2n) is 2.60. The summed E-state index contributed by atoms with van der Waals surface area (Å²) in [7, 11) is -2.85. The Bertz CT molecular complexity index is 484. The molecule has 0 fully saturated rings. The molecule has 0 aromatic heterocycles. The van der Waals surface area contributed by atoms with Crippen molar-refractivity contribution < 1.29 is 9.13 Å². The minimum absolute atomic E-state index is 0.0933. The van der Waals surface area contributed by atoms with E-state index in [-0.39, 0.29) is 10.6 Å². The number of hydrogen-bond acceptors (Lipinski definition) is 3. The molecule has 0 radical (unpaired) electrons. The third-order valence-electron chi connectivity index (χ3n) is 1.50. The number of hydrogen-bond donors (Lipinski definition) is 1. The van der Waals surface area contributed by atoms with Crippen molar-refractivity contribution in [1.82, 2.24) is 0 Å². The highest BCUT2D eigenvalue weighted by Gasteiger charge is 2.12. The lowest BCUT2D eigenvalue weighted by atomic mass is 10.3. The summed E-state index contributed by atoms with van der Waals surface area (Å²) in [5.41, 5.74) is -0.0933. The molecule has 0 saturated heterocycles. The molecule has 1 aromatic carbocycles. The maximum Gasteiger partial charge on any atom is 0.270 e. The summed E-state index contributed by atoms with van der Waals surface area (Å²) in [4.78, 5) is 10.1. The normalized spacial score (nSPS) is 14.7. The van der Waals surface area contributed by atoms with Gasteiger partial charge in [0, 0.05) is 16.6 Å². The quantitative estimate of drug-likeness (QED) is 0.503. The van der Waals surface area contributed by atoms with Crippen molar-refractivity contribution in [3.8, 4) is 0 Å². The van der Waals surface area contributed by atoms with Crippen molar-refractivity contribution in [3.05, 3.63) is 32.8 Å². The molecule has 0 bridgehead atoms. The first-order valence-electron chi connectivity index (χ1n) is 3.41. The molecule has 0 spiro atoms. The Morgan fingerprint density at radius 2 is 2.14 bits per heavy atom. The number of rotatable bonds is 2. The smallest absolute Gasteiger partial charge is 0.258 e. The number of nitrogens with zero attached hydrogens (tertiary/aromatic N) is 1. The zero-order chi connectivity index (χ0) is 10.9. The molecule has 5 nitrogen and oxygen atoms in total. The second-order valence-corrected chi connectivity index (χ2v) is 5.34. The largest absolute Gasteiger partial charge is 0.270 e. The third kappa shape index (κ3) is 2.31. The predicted molar refractivity (Wildman–Crippen MR) is 58.5 cm³/mol. The molecule has 7 heteroatoms. The lowest BCUT2D eigenvalue weighted by Crippen LogP contribution is -2.12. The number of halogens is 1. The molecule has 0 aliphatic rings. The first-order valence-corrected chi connectivity index (χ1v) is 5.99. The SMILES string of the molecule is C=S(N)(=O)c1ccc([N+](=O)[O-])cc1Br. The van der Waals surface area contributed by atoms with E-state index in [1.54, 1.807) is 0 Å². The van der Waals surface area contributed by atoms with Crippen LogP contribution < -0.4 is 5.14 Å². The molecule has 76 valence electrons. The van der Waals surface area contributed by atoms with Gasteiger partial charge in [0.25, 0.3) is 5.69 Å². The maximum atomic E-state index is 11.4. The fourth-order valence-electron chi connectivity index (χ4n) is 0.884. The summed E-state index contributed by atoms with van der Waals surface area (Å²) in [6, 6.07) is 3.81. The molecular formula is C7H7BrN2O3S. The van der Waals surface area contributed by atoms with Gasteiger partial charge in [-0.2, -0.15) is 0 Å². The van der Waals surface area contributed by atoms with Crippen LogP contribution in [0.4, 0.5) is 5.69 Å². The molecule has 0 aliphatic carbocycles. The van der Waals surface area contributed by atoms with Gasteiger partial charge in [-0.15, -0.1) is 0 Å². The Labute approximate surface area is 89.3 Å². The summed E-state index contributed by atoms with van der Waals surface area (Å²) >= 11 is 3.05. The van der Waals surface area contributed by atoms with Gasteiger partial charge in [0.2, 0.25) is 0 Å². The highest BCUT2D eigenvalue weighted by atomic mass is 79.9. The van der Waals surface area contributed by atoms with Crippen LogP contribution >= 0.6 is 15.9 Å². The average Bonchev–Trinajstić information content (AvgIpc) is 2.01. The predicted octanol–water partition coefficient (Wildman–Crippen LogP) is 1.31. The number of non-ortho nitro benzene ring substituents is 1. The van der Waals surface area contributed by atoms with E-state index in [1.165, 1.54) is 18.2 Å². The molecule has 0 saturated carbocycles. The molecule has 0 amide bonds. The Morgan fingerprint density at radius 3 is 2.50 bits per heavy atom. The lowest BCUT2D eigenvalue weighted by molar-refractivity contribution is -0.385. The van der Waals surface area contributed by atoms with Gasteiger partial charge >= 0.3 is 0 Å². The van der Waals surface area contributed by atoms with Crippen molar-refractivity contribution >= 4 is 37.2 Å². The maximum absolute atomic E-state index is 11.4. The van der Waals surface area contributed by atoms with Crippen molar-refractivity contribution in [2.24, 2.45) is 5.14 Å². The minimum atomic E-state index is -2.85. The summed E-state index contributed by atoms with van der Waals surface area (Å²) in [6.07, 6.45) is 0. The fourth-order valence-corrected chi connectivity index (χ4v) is 2.76. The van der Waals surface area contributed by atoms with Crippen LogP contribution in [0.2, 0.25) is 0 Å². The van der Waals surface area contributed by atoms with E-state index in [0.717, 1.165) is 0 Å². The molecule has 1 unspecified atom stereocenters. The van der Waals surface area contributed by atoms with E-state index in [2.05, 4.69) is 21.8 Å². The summed E-state index contributed by atoms with van der Waals surface area (Å²) in [5, 5.41) is 15.7. The number of nitro groups is 1. The monoisotopic (exact) mass is 278 g/mol. The number of nitro benzene ring substituents is 1. The van der Waals surface area contributed by atoms with Crippen LogP contribution in [0.15, 0.2) is 27.6 Å². The third-order valence-corrected chi connectivity index (χ3v) is 3.52. The van der Waals surface area contributed by atoms with E-state index >= 15 is 0 Å². The van der Waals surface area contributed by atoms with Crippen molar-refractivity contribution in [2.45, 2.75) is 4.90 Å². The topological polar surface area (TPSA) is 86.2 Å². The Hall–Kier alpha value is -0.920. The standard InChI is InChI=1S/C7H7BrN2O3S/c1-14(9,13)7-3-2-5(10(11)12)4-6(7)8/h2-4H,1H2,(H2,9,13). The minimum Gasteiger partial charge on any atom is -0.258 e. The Kier molecular flexibility index (Phi) is 2.93. The van der Waals surface area contributed by atoms with Crippen molar-refractivity contribution in [1.29, 1.82) is 0 Å². The van der Waals surface area contributed by atoms with E-state index in [1.807, 2.05) is 0 Å². The van der Waals surface area contributed by atoms with Crippen LogP contribution in [0, 0.1) is 10.1 Å². The van der Waals surface area contributed by atoms with Crippen LogP contribution in [-0.4, -0.2) is 15.0 Å². The van der Waals surface area contributed by atoms with E-state index in [4.69, 9.17) is 5.14 Å². The first kappa shape index (κ1) is 11.2.